The van der Waals surface area contributed by atoms with Crippen LogP contribution in [0.5, 0.6) is 0 Å². The molecule has 0 aliphatic heterocycles. The van der Waals surface area contributed by atoms with Gasteiger partial charge in [-0.2, -0.15) is 0 Å². The van der Waals surface area contributed by atoms with Crippen molar-refractivity contribution in [1.82, 2.24) is 15.4 Å². The third-order valence-electron chi connectivity index (χ3n) is 5.90. The Bertz CT molecular complexity index is 1020. The summed E-state index contributed by atoms with van der Waals surface area (Å²) in [6.45, 7) is 3.03. The zero-order valence-corrected chi connectivity index (χ0v) is 18.4. The van der Waals surface area contributed by atoms with Crippen LogP contribution in [0, 0.1) is 12.8 Å². The monoisotopic (exact) mass is 435 g/mol. The molecule has 0 bridgehead atoms. The van der Waals surface area contributed by atoms with Crippen molar-refractivity contribution in [2.24, 2.45) is 5.92 Å². The molecule has 0 atom stereocenters. The zero-order valence-electron chi connectivity index (χ0n) is 18.4. The van der Waals surface area contributed by atoms with Crippen LogP contribution < -0.4 is 5.32 Å². The SMILES string of the molecule is Cc1ccc(CNC(=O)c2cc(CN(Cc3ccco3)C(=O)C3CCCCC3)on2)cc1. The molecule has 1 N–H and O–H groups in total. The Kier molecular flexibility index (Phi) is 7.04. The first-order valence-corrected chi connectivity index (χ1v) is 11.2. The summed E-state index contributed by atoms with van der Waals surface area (Å²) in [5, 5.41) is 6.77. The second kappa shape index (κ2) is 10.3. The van der Waals surface area contributed by atoms with E-state index >= 15 is 0 Å². The van der Waals surface area contributed by atoms with E-state index in [2.05, 4.69) is 10.5 Å². The molecule has 0 radical (unpaired) electrons. The maximum absolute atomic E-state index is 13.2. The standard InChI is InChI=1S/C25H29N3O4/c1-18-9-11-19(12-10-18)15-26-24(29)23-14-22(32-27-23)17-28(16-21-8-5-13-31-21)25(30)20-6-3-2-4-7-20/h5,8-14,20H,2-4,6-7,15-17H2,1H3,(H,26,29). The number of carbonyl (C=O) groups is 2. The molecule has 1 saturated carbocycles. The maximum Gasteiger partial charge on any atom is 0.273 e. The van der Waals surface area contributed by atoms with Gasteiger partial charge >= 0.3 is 0 Å². The van der Waals surface area contributed by atoms with Gasteiger partial charge in [0.2, 0.25) is 5.91 Å². The van der Waals surface area contributed by atoms with Gasteiger partial charge in [-0.15, -0.1) is 0 Å². The molecule has 7 nitrogen and oxygen atoms in total. The van der Waals surface area contributed by atoms with Gasteiger partial charge < -0.3 is 19.2 Å². The van der Waals surface area contributed by atoms with Crippen molar-refractivity contribution in [2.45, 2.75) is 58.7 Å². The third-order valence-corrected chi connectivity index (χ3v) is 5.90. The number of carbonyl (C=O) groups excluding carboxylic acids is 2. The molecular formula is C25H29N3O4. The fourth-order valence-electron chi connectivity index (χ4n) is 4.07. The number of hydrogen-bond acceptors (Lipinski definition) is 5. The molecule has 4 rings (SSSR count). The second-order valence-corrected chi connectivity index (χ2v) is 8.46. The third kappa shape index (κ3) is 5.66. The molecule has 0 spiro atoms. The van der Waals surface area contributed by atoms with Gasteiger partial charge in [-0.3, -0.25) is 9.59 Å². The van der Waals surface area contributed by atoms with Crippen LogP contribution in [0.4, 0.5) is 0 Å². The lowest BCUT2D eigenvalue weighted by atomic mass is 9.88. The van der Waals surface area contributed by atoms with Crippen LogP contribution in [-0.4, -0.2) is 21.9 Å². The number of nitrogens with zero attached hydrogens (tertiary/aromatic N) is 2. The van der Waals surface area contributed by atoms with Crippen LogP contribution in [0.3, 0.4) is 0 Å². The summed E-state index contributed by atoms with van der Waals surface area (Å²) in [7, 11) is 0. The minimum atomic E-state index is -0.309. The van der Waals surface area contributed by atoms with Crippen LogP contribution in [0.25, 0.3) is 0 Å². The Hall–Kier alpha value is -3.35. The number of rotatable bonds is 8. The van der Waals surface area contributed by atoms with Crippen molar-refractivity contribution in [3.8, 4) is 0 Å². The van der Waals surface area contributed by atoms with Gasteiger partial charge in [-0.25, -0.2) is 0 Å². The van der Waals surface area contributed by atoms with Gasteiger partial charge in [0.25, 0.3) is 5.91 Å². The number of furan rings is 1. The first kappa shape index (κ1) is 21.9. The number of nitrogens with one attached hydrogen (secondary N) is 1. The highest BCUT2D eigenvalue weighted by Gasteiger charge is 2.28. The first-order valence-electron chi connectivity index (χ1n) is 11.2. The average molecular weight is 436 g/mol. The van der Waals surface area contributed by atoms with Crippen LogP contribution in [0.2, 0.25) is 0 Å². The van der Waals surface area contributed by atoms with Crippen LogP contribution >= 0.6 is 0 Å². The van der Waals surface area contributed by atoms with E-state index in [4.69, 9.17) is 8.94 Å². The van der Waals surface area contributed by atoms with Crippen molar-refractivity contribution >= 4 is 11.8 Å². The number of aryl methyl sites for hydroxylation is 1. The molecule has 1 fully saturated rings. The summed E-state index contributed by atoms with van der Waals surface area (Å²) in [6.07, 6.45) is 6.78. The highest BCUT2D eigenvalue weighted by molar-refractivity contribution is 5.92. The van der Waals surface area contributed by atoms with Gasteiger partial charge in [0.1, 0.15) is 5.76 Å². The molecule has 32 heavy (non-hydrogen) atoms. The fraction of sp³-hybridized carbons (Fsp3) is 0.400. The second-order valence-electron chi connectivity index (χ2n) is 8.46. The molecule has 0 saturated heterocycles. The summed E-state index contributed by atoms with van der Waals surface area (Å²) < 4.78 is 10.9. The van der Waals surface area contributed by atoms with Gasteiger partial charge in [0, 0.05) is 18.5 Å². The van der Waals surface area contributed by atoms with Crippen molar-refractivity contribution in [3.63, 3.8) is 0 Å². The Labute approximate surface area is 187 Å². The van der Waals surface area contributed by atoms with Crippen LogP contribution in [-0.2, 0) is 24.4 Å². The Morgan fingerprint density at radius 1 is 1.06 bits per heavy atom. The van der Waals surface area contributed by atoms with E-state index in [1.54, 1.807) is 17.2 Å². The topological polar surface area (TPSA) is 88.6 Å². The minimum absolute atomic E-state index is 0.0268. The van der Waals surface area contributed by atoms with Crippen molar-refractivity contribution in [1.29, 1.82) is 0 Å². The van der Waals surface area contributed by atoms with E-state index in [9.17, 15) is 9.59 Å². The Balaban J connectivity index is 1.40. The molecule has 1 aliphatic rings. The first-order chi connectivity index (χ1) is 15.6. The Morgan fingerprint density at radius 2 is 1.81 bits per heavy atom. The summed E-state index contributed by atoms with van der Waals surface area (Å²) in [5.74, 6) is 1.00. The molecule has 168 valence electrons. The summed E-state index contributed by atoms with van der Waals surface area (Å²) in [4.78, 5) is 27.4. The van der Waals surface area contributed by atoms with Crippen molar-refractivity contribution in [3.05, 3.63) is 77.1 Å². The Morgan fingerprint density at radius 3 is 2.53 bits per heavy atom. The van der Waals surface area contributed by atoms with E-state index in [1.807, 2.05) is 43.3 Å². The largest absolute Gasteiger partial charge is 0.467 e. The molecule has 7 heteroatoms. The van der Waals surface area contributed by atoms with Crippen LogP contribution in [0.15, 0.2) is 57.7 Å². The lowest BCUT2D eigenvalue weighted by Crippen LogP contribution is -2.36. The number of amides is 2. The van der Waals surface area contributed by atoms with E-state index in [0.29, 0.717) is 24.6 Å². The minimum Gasteiger partial charge on any atom is -0.467 e. The maximum atomic E-state index is 13.2. The van der Waals surface area contributed by atoms with Crippen molar-refractivity contribution in [2.75, 3.05) is 0 Å². The highest BCUT2D eigenvalue weighted by Crippen LogP contribution is 2.27. The molecule has 1 aromatic carbocycles. The van der Waals surface area contributed by atoms with Gasteiger partial charge in [0.05, 0.1) is 19.4 Å². The van der Waals surface area contributed by atoms with Gasteiger partial charge in [-0.05, 0) is 37.5 Å². The number of benzene rings is 1. The van der Waals surface area contributed by atoms with E-state index in [-0.39, 0.29) is 30.0 Å². The predicted molar refractivity (Wildman–Crippen MR) is 118 cm³/mol. The molecule has 0 unspecified atom stereocenters. The zero-order chi connectivity index (χ0) is 22.3. The summed E-state index contributed by atoms with van der Waals surface area (Å²) >= 11 is 0. The quantitative estimate of drug-likeness (QED) is 0.558. The van der Waals surface area contributed by atoms with Gasteiger partial charge in [-0.1, -0.05) is 54.2 Å². The van der Waals surface area contributed by atoms with Crippen LogP contribution in [0.1, 0.15) is 65.2 Å². The highest BCUT2D eigenvalue weighted by atomic mass is 16.5. The molecule has 1 aliphatic carbocycles. The van der Waals surface area contributed by atoms with E-state index < -0.39 is 0 Å². The molecule has 2 aromatic heterocycles. The number of hydrogen-bond donors (Lipinski definition) is 1. The smallest absolute Gasteiger partial charge is 0.273 e. The lowest BCUT2D eigenvalue weighted by molar-refractivity contribution is -0.138. The van der Waals surface area contributed by atoms with Gasteiger partial charge in [0.15, 0.2) is 11.5 Å². The van der Waals surface area contributed by atoms with Crippen molar-refractivity contribution < 1.29 is 18.5 Å². The number of aromatic nitrogens is 1. The fourth-order valence-corrected chi connectivity index (χ4v) is 4.07. The van der Waals surface area contributed by atoms with E-state index in [0.717, 1.165) is 31.2 Å². The predicted octanol–water partition coefficient (Wildman–Crippen LogP) is 4.62. The average Bonchev–Trinajstić information content (AvgIpc) is 3.50. The molecule has 2 heterocycles. The van der Waals surface area contributed by atoms with E-state index in [1.165, 1.54) is 12.0 Å². The normalized spacial score (nSPS) is 14.3. The summed E-state index contributed by atoms with van der Waals surface area (Å²) in [6, 6.07) is 13.2. The lowest BCUT2D eigenvalue weighted by Gasteiger charge is -2.28. The molecular weight excluding hydrogens is 406 g/mol. The summed E-state index contributed by atoms with van der Waals surface area (Å²) in [5.41, 5.74) is 2.38. The molecule has 2 amide bonds. The molecule has 3 aromatic rings.